The van der Waals surface area contributed by atoms with E-state index in [0.717, 1.165) is 10.5 Å². The maximum absolute atomic E-state index is 13.4. The number of hydrogen-bond donors (Lipinski definition) is 1. The van der Waals surface area contributed by atoms with E-state index in [4.69, 9.17) is 4.74 Å². The summed E-state index contributed by atoms with van der Waals surface area (Å²) in [5, 5.41) is 18.0. The number of carbonyl (C=O) groups excluding carboxylic acids is 2. The van der Waals surface area contributed by atoms with Gasteiger partial charge in [0.1, 0.15) is 23.4 Å². The summed E-state index contributed by atoms with van der Waals surface area (Å²) < 4.78 is 6.82. The molecule has 0 aliphatic carbocycles. The largest absolute Gasteiger partial charge is 0.480 e. The van der Waals surface area contributed by atoms with Crippen LogP contribution >= 0.6 is 0 Å². The van der Waals surface area contributed by atoms with E-state index in [2.05, 4.69) is 10.3 Å². The molecule has 186 valence electrons. The predicted molar refractivity (Wildman–Crippen MR) is 127 cm³/mol. The monoisotopic (exact) mass is 473 g/mol. The number of carbonyl (C=O) groups is 3. The maximum Gasteiger partial charge on any atom is 0.410 e. The van der Waals surface area contributed by atoms with Crippen molar-refractivity contribution in [3.05, 3.63) is 36.5 Å². The molecule has 1 aromatic heterocycles. The van der Waals surface area contributed by atoms with Crippen LogP contribution in [0.4, 0.5) is 4.79 Å². The number of likely N-dealkylation sites (N-methyl/N-ethyl adjacent to an activating group) is 2. The normalized spacial score (nSPS) is 13.3. The average molecular weight is 474 g/mol. The van der Waals surface area contributed by atoms with Crippen LogP contribution in [0.25, 0.3) is 11.3 Å². The number of amides is 2. The number of carboxylic acids is 1. The molecule has 0 unspecified atom stereocenters. The Balaban J connectivity index is 2.23. The Labute approximate surface area is 200 Å². The number of ether oxygens (including phenoxy) is 1. The van der Waals surface area contributed by atoms with Gasteiger partial charge in [0.05, 0.1) is 12.7 Å². The van der Waals surface area contributed by atoms with Crippen LogP contribution in [0, 0.1) is 5.92 Å². The number of benzene rings is 1. The second-order valence-corrected chi connectivity index (χ2v) is 9.73. The molecule has 2 aromatic rings. The molecule has 0 bridgehead atoms. The second kappa shape index (κ2) is 11.1. The summed E-state index contributed by atoms with van der Waals surface area (Å²) in [7, 11) is 2.92. The van der Waals surface area contributed by atoms with Crippen molar-refractivity contribution in [1.29, 1.82) is 0 Å². The molecule has 0 radical (unpaired) electrons. The standard InChI is InChI=1S/C24H35N5O5/c1-16(2)13-19(28(7)23(33)34-24(3,4)5)21(30)27(6)20(22(31)32)15-29-14-18(25-26-29)17-11-9-8-10-12-17/h8-12,14,16,19-20H,13,15H2,1-7H3,(H,31,32)/t19-,20+/m0/s1. The molecule has 2 rings (SSSR count). The predicted octanol–water partition coefficient (Wildman–Crippen LogP) is 3.14. The van der Waals surface area contributed by atoms with Crippen molar-refractivity contribution >= 4 is 18.0 Å². The smallest absolute Gasteiger partial charge is 0.410 e. The number of rotatable bonds is 9. The highest BCUT2D eigenvalue weighted by molar-refractivity contribution is 5.89. The summed E-state index contributed by atoms with van der Waals surface area (Å²) >= 11 is 0. The first-order valence-corrected chi connectivity index (χ1v) is 11.2. The van der Waals surface area contributed by atoms with Crippen LogP contribution in [0.3, 0.4) is 0 Å². The summed E-state index contributed by atoms with van der Waals surface area (Å²) in [6.07, 6.45) is 1.35. The molecule has 10 heteroatoms. The number of aromatic nitrogens is 3. The first kappa shape index (κ1) is 26.8. The molecule has 0 fully saturated rings. The summed E-state index contributed by atoms with van der Waals surface area (Å²) in [6.45, 7) is 8.99. The first-order valence-electron chi connectivity index (χ1n) is 11.2. The van der Waals surface area contributed by atoms with Crippen LogP contribution in [0.5, 0.6) is 0 Å². The molecule has 34 heavy (non-hydrogen) atoms. The molecule has 1 aromatic carbocycles. The SMILES string of the molecule is CC(C)C[C@@H](C(=O)N(C)[C@H](Cn1cc(-c2ccccc2)nn1)C(=O)O)N(C)C(=O)OC(C)(C)C. The molecular formula is C24H35N5O5. The fourth-order valence-corrected chi connectivity index (χ4v) is 3.39. The van der Waals surface area contributed by atoms with Crippen molar-refractivity contribution < 1.29 is 24.2 Å². The van der Waals surface area contributed by atoms with Crippen molar-refractivity contribution in [2.75, 3.05) is 14.1 Å². The molecule has 0 saturated heterocycles. The minimum absolute atomic E-state index is 0.0826. The van der Waals surface area contributed by atoms with Crippen molar-refractivity contribution in [2.24, 2.45) is 5.92 Å². The Morgan fingerprint density at radius 3 is 2.21 bits per heavy atom. The van der Waals surface area contributed by atoms with E-state index < -0.39 is 35.7 Å². The van der Waals surface area contributed by atoms with Crippen molar-refractivity contribution in [1.82, 2.24) is 24.8 Å². The summed E-state index contributed by atoms with van der Waals surface area (Å²) in [4.78, 5) is 40.6. The lowest BCUT2D eigenvalue weighted by molar-refractivity contribution is -0.152. The van der Waals surface area contributed by atoms with Gasteiger partial charge in [-0.25, -0.2) is 14.3 Å². The van der Waals surface area contributed by atoms with Crippen molar-refractivity contribution in [3.8, 4) is 11.3 Å². The van der Waals surface area contributed by atoms with E-state index in [0.29, 0.717) is 12.1 Å². The van der Waals surface area contributed by atoms with Crippen LogP contribution in [0.2, 0.25) is 0 Å². The third-order valence-corrected chi connectivity index (χ3v) is 5.20. The average Bonchev–Trinajstić information content (AvgIpc) is 3.22. The van der Waals surface area contributed by atoms with E-state index in [1.165, 1.54) is 23.7 Å². The van der Waals surface area contributed by atoms with Crippen LogP contribution in [0.1, 0.15) is 41.0 Å². The third-order valence-electron chi connectivity index (χ3n) is 5.20. The quantitative estimate of drug-likeness (QED) is 0.594. The van der Waals surface area contributed by atoms with E-state index in [1.807, 2.05) is 44.2 Å². The fraction of sp³-hybridized carbons (Fsp3) is 0.542. The number of aliphatic carboxylic acids is 1. The van der Waals surface area contributed by atoms with Crippen LogP contribution in [-0.4, -0.2) is 79.7 Å². The fourth-order valence-electron chi connectivity index (χ4n) is 3.39. The van der Waals surface area contributed by atoms with E-state index >= 15 is 0 Å². The van der Waals surface area contributed by atoms with E-state index in [9.17, 15) is 19.5 Å². The van der Waals surface area contributed by atoms with Gasteiger partial charge in [0.25, 0.3) is 0 Å². The highest BCUT2D eigenvalue weighted by Crippen LogP contribution is 2.19. The van der Waals surface area contributed by atoms with Gasteiger partial charge in [-0.1, -0.05) is 49.4 Å². The van der Waals surface area contributed by atoms with Gasteiger partial charge in [-0.3, -0.25) is 9.69 Å². The third kappa shape index (κ3) is 7.29. The molecule has 2 atom stereocenters. The molecule has 0 spiro atoms. The van der Waals surface area contributed by atoms with Crippen LogP contribution < -0.4 is 0 Å². The zero-order chi connectivity index (χ0) is 25.6. The Hall–Kier alpha value is -3.43. The zero-order valence-electron chi connectivity index (χ0n) is 20.9. The highest BCUT2D eigenvalue weighted by atomic mass is 16.6. The van der Waals surface area contributed by atoms with Crippen molar-refractivity contribution in [2.45, 2.75) is 65.3 Å². The maximum atomic E-state index is 13.4. The summed E-state index contributed by atoms with van der Waals surface area (Å²) in [5.41, 5.74) is 0.720. The van der Waals surface area contributed by atoms with Crippen LogP contribution in [-0.2, 0) is 20.9 Å². The highest BCUT2D eigenvalue weighted by Gasteiger charge is 2.37. The van der Waals surface area contributed by atoms with Gasteiger partial charge in [-0.2, -0.15) is 0 Å². The molecule has 1 heterocycles. The van der Waals surface area contributed by atoms with E-state index in [1.54, 1.807) is 27.0 Å². The summed E-state index contributed by atoms with van der Waals surface area (Å²) in [6, 6.07) is 7.30. The first-order chi connectivity index (χ1) is 15.8. The molecule has 10 nitrogen and oxygen atoms in total. The molecule has 2 amide bonds. The Kier molecular flexibility index (Phi) is 8.78. The minimum Gasteiger partial charge on any atom is -0.480 e. The number of hydrogen-bond acceptors (Lipinski definition) is 6. The zero-order valence-corrected chi connectivity index (χ0v) is 20.9. The topological polar surface area (TPSA) is 118 Å². The van der Waals surface area contributed by atoms with Gasteiger partial charge in [0, 0.05) is 19.7 Å². The number of carboxylic acid groups (broad SMARTS) is 1. The van der Waals surface area contributed by atoms with Gasteiger partial charge in [-0.05, 0) is 33.1 Å². The van der Waals surface area contributed by atoms with Gasteiger partial charge in [0.2, 0.25) is 5.91 Å². The van der Waals surface area contributed by atoms with Gasteiger partial charge < -0.3 is 14.7 Å². The lowest BCUT2D eigenvalue weighted by atomic mass is 10.0. The molecule has 0 aliphatic heterocycles. The molecule has 1 N–H and O–H groups in total. The molecule has 0 saturated carbocycles. The minimum atomic E-state index is -1.21. The second-order valence-electron chi connectivity index (χ2n) is 9.73. The molecular weight excluding hydrogens is 438 g/mol. The lowest BCUT2D eigenvalue weighted by Gasteiger charge is -2.35. The van der Waals surface area contributed by atoms with Crippen LogP contribution in [0.15, 0.2) is 36.5 Å². The van der Waals surface area contributed by atoms with E-state index in [-0.39, 0.29) is 12.5 Å². The van der Waals surface area contributed by atoms with Crippen molar-refractivity contribution in [3.63, 3.8) is 0 Å². The van der Waals surface area contributed by atoms with Gasteiger partial charge in [-0.15, -0.1) is 5.10 Å². The Morgan fingerprint density at radius 1 is 1.06 bits per heavy atom. The Bertz CT molecular complexity index is 983. The Morgan fingerprint density at radius 2 is 1.68 bits per heavy atom. The molecule has 0 aliphatic rings. The number of nitrogens with zero attached hydrogens (tertiary/aromatic N) is 5. The lowest BCUT2D eigenvalue weighted by Crippen LogP contribution is -2.54. The van der Waals surface area contributed by atoms with Gasteiger partial charge in [0.15, 0.2) is 0 Å². The van der Waals surface area contributed by atoms with Gasteiger partial charge >= 0.3 is 12.1 Å². The summed E-state index contributed by atoms with van der Waals surface area (Å²) in [5.74, 6) is -1.59.